The molecule has 1 saturated heterocycles. The topological polar surface area (TPSA) is 99.3 Å². The average molecular weight is 314 g/mol. The van der Waals surface area contributed by atoms with Gasteiger partial charge in [-0.2, -0.15) is 9.97 Å². The molecule has 1 atom stereocenters. The quantitative estimate of drug-likeness (QED) is 0.680. The van der Waals surface area contributed by atoms with Gasteiger partial charge in [-0.05, 0) is 32.5 Å². The summed E-state index contributed by atoms with van der Waals surface area (Å²) in [5.74, 6) is 1.91. The van der Waals surface area contributed by atoms with E-state index in [-0.39, 0.29) is 11.7 Å². The van der Waals surface area contributed by atoms with Crippen molar-refractivity contribution in [1.29, 1.82) is 0 Å². The molecule has 23 heavy (non-hydrogen) atoms. The number of hydrogen-bond donors (Lipinski definition) is 4. The summed E-state index contributed by atoms with van der Waals surface area (Å²) in [5.41, 5.74) is 7.42. The van der Waals surface area contributed by atoms with E-state index in [1.807, 2.05) is 26.1 Å². The molecule has 1 aliphatic heterocycles. The minimum Gasteiger partial charge on any atom is -0.508 e. The van der Waals surface area contributed by atoms with Crippen molar-refractivity contribution in [2.45, 2.75) is 19.4 Å². The Morgan fingerprint density at radius 2 is 2.17 bits per heavy atom. The van der Waals surface area contributed by atoms with Crippen LogP contribution in [-0.2, 0) is 0 Å². The van der Waals surface area contributed by atoms with Gasteiger partial charge in [0, 0.05) is 36.4 Å². The Hall–Kier alpha value is -2.54. The molecule has 0 saturated carbocycles. The molecule has 1 aliphatic rings. The van der Waals surface area contributed by atoms with Crippen molar-refractivity contribution in [1.82, 2.24) is 15.3 Å². The Morgan fingerprint density at radius 3 is 2.91 bits per heavy atom. The minimum absolute atomic E-state index is 0.232. The zero-order valence-corrected chi connectivity index (χ0v) is 13.4. The molecule has 0 bridgehead atoms. The molecule has 2 aromatic rings. The molecule has 7 nitrogen and oxygen atoms in total. The van der Waals surface area contributed by atoms with Gasteiger partial charge in [0.1, 0.15) is 17.4 Å². The number of nitrogen functional groups attached to an aromatic ring is 1. The van der Waals surface area contributed by atoms with Crippen molar-refractivity contribution in [3.63, 3.8) is 0 Å². The molecule has 0 aliphatic carbocycles. The highest BCUT2D eigenvalue weighted by molar-refractivity contribution is 5.66. The summed E-state index contributed by atoms with van der Waals surface area (Å²) < 4.78 is 0. The lowest BCUT2D eigenvalue weighted by Gasteiger charge is -2.19. The Labute approximate surface area is 135 Å². The fourth-order valence-electron chi connectivity index (χ4n) is 2.78. The van der Waals surface area contributed by atoms with Crippen molar-refractivity contribution >= 4 is 23.3 Å². The van der Waals surface area contributed by atoms with Gasteiger partial charge in [0.2, 0.25) is 5.95 Å². The number of hydrogen-bond acceptors (Lipinski definition) is 7. The van der Waals surface area contributed by atoms with Gasteiger partial charge in [-0.1, -0.05) is 6.07 Å². The van der Waals surface area contributed by atoms with E-state index in [4.69, 9.17) is 5.73 Å². The van der Waals surface area contributed by atoms with Crippen LogP contribution in [0.4, 0.5) is 23.3 Å². The van der Waals surface area contributed by atoms with Crippen LogP contribution in [0.3, 0.4) is 0 Å². The summed E-state index contributed by atoms with van der Waals surface area (Å²) >= 11 is 0. The van der Waals surface area contributed by atoms with Gasteiger partial charge in [-0.15, -0.1) is 0 Å². The predicted molar refractivity (Wildman–Crippen MR) is 92.2 cm³/mol. The number of nitrogens with two attached hydrogens (primary N) is 1. The van der Waals surface area contributed by atoms with E-state index in [0.717, 1.165) is 36.6 Å². The first-order valence-corrected chi connectivity index (χ1v) is 7.69. The number of anilines is 4. The van der Waals surface area contributed by atoms with Gasteiger partial charge in [-0.25, -0.2) is 0 Å². The van der Waals surface area contributed by atoms with Crippen molar-refractivity contribution in [3.8, 4) is 5.75 Å². The van der Waals surface area contributed by atoms with Gasteiger partial charge in [0.25, 0.3) is 0 Å². The molecule has 0 unspecified atom stereocenters. The van der Waals surface area contributed by atoms with E-state index < -0.39 is 0 Å². The molecule has 0 spiro atoms. The van der Waals surface area contributed by atoms with Crippen LogP contribution >= 0.6 is 0 Å². The second-order valence-corrected chi connectivity index (χ2v) is 5.76. The first kappa shape index (κ1) is 15.4. The van der Waals surface area contributed by atoms with Crippen LogP contribution in [0, 0.1) is 6.92 Å². The van der Waals surface area contributed by atoms with E-state index in [1.54, 1.807) is 12.1 Å². The average Bonchev–Trinajstić information content (AvgIpc) is 3.00. The van der Waals surface area contributed by atoms with E-state index in [0.29, 0.717) is 11.9 Å². The normalized spacial score (nSPS) is 17.5. The summed E-state index contributed by atoms with van der Waals surface area (Å²) in [6.45, 7) is 3.69. The minimum atomic E-state index is 0.232. The lowest BCUT2D eigenvalue weighted by molar-refractivity contribution is 0.471. The molecule has 3 rings (SSSR count). The van der Waals surface area contributed by atoms with Gasteiger partial charge < -0.3 is 26.4 Å². The first-order valence-electron chi connectivity index (χ1n) is 7.69. The van der Waals surface area contributed by atoms with Crippen LogP contribution < -0.4 is 21.3 Å². The molecule has 0 radical (unpaired) electrons. The maximum Gasteiger partial charge on any atom is 0.223 e. The van der Waals surface area contributed by atoms with Crippen LogP contribution in [0.25, 0.3) is 0 Å². The Balaban J connectivity index is 1.85. The van der Waals surface area contributed by atoms with Crippen LogP contribution in [0.2, 0.25) is 0 Å². The maximum atomic E-state index is 9.80. The van der Waals surface area contributed by atoms with Crippen molar-refractivity contribution < 1.29 is 5.11 Å². The highest BCUT2D eigenvalue weighted by atomic mass is 16.3. The van der Waals surface area contributed by atoms with Crippen molar-refractivity contribution in [2.75, 3.05) is 36.1 Å². The highest BCUT2D eigenvalue weighted by Crippen LogP contribution is 2.28. The zero-order valence-electron chi connectivity index (χ0n) is 13.4. The third-order valence-corrected chi connectivity index (χ3v) is 4.22. The third kappa shape index (κ3) is 3.29. The van der Waals surface area contributed by atoms with Crippen LogP contribution in [-0.4, -0.2) is 41.3 Å². The lowest BCUT2D eigenvalue weighted by Crippen LogP contribution is -2.30. The molecule has 1 fully saturated rings. The fraction of sp³-hybridized carbons (Fsp3) is 0.375. The summed E-state index contributed by atoms with van der Waals surface area (Å²) in [5, 5.41) is 16.3. The van der Waals surface area contributed by atoms with Crippen molar-refractivity contribution in [3.05, 3.63) is 29.8 Å². The van der Waals surface area contributed by atoms with Crippen molar-refractivity contribution in [2.24, 2.45) is 0 Å². The monoisotopic (exact) mass is 314 g/mol. The Morgan fingerprint density at radius 1 is 1.35 bits per heavy atom. The molecule has 2 heterocycles. The number of rotatable bonds is 4. The Kier molecular flexibility index (Phi) is 4.20. The number of phenolic OH excluding ortho intramolecular Hbond substituents is 1. The molecule has 1 aromatic heterocycles. The standard InChI is InChI=1S/C16H22N6O/c1-10-12(4-3-5-13(10)23)19-14-8-15(21-16(17)20-14)22-7-6-11(9-22)18-2/h3-5,8,11,18,23H,6-7,9H2,1-2H3,(H3,17,19,20,21)/t11-/m1/s1. The molecular weight excluding hydrogens is 292 g/mol. The van der Waals surface area contributed by atoms with E-state index in [2.05, 4.69) is 25.5 Å². The van der Waals surface area contributed by atoms with Gasteiger partial charge in [-0.3, -0.25) is 0 Å². The van der Waals surface area contributed by atoms with Gasteiger partial charge in [0.15, 0.2) is 0 Å². The highest BCUT2D eigenvalue weighted by Gasteiger charge is 2.22. The lowest BCUT2D eigenvalue weighted by atomic mass is 10.2. The van der Waals surface area contributed by atoms with Crippen LogP contribution in [0.15, 0.2) is 24.3 Å². The molecule has 7 heteroatoms. The smallest absolute Gasteiger partial charge is 0.223 e. The number of aromatic hydroxyl groups is 1. The fourth-order valence-corrected chi connectivity index (χ4v) is 2.78. The van der Waals surface area contributed by atoms with Gasteiger partial charge in [0.05, 0.1) is 0 Å². The zero-order chi connectivity index (χ0) is 16.4. The number of likely N-dealkylation sites (N-methyl/N-ethyl adjacent to an activating group) is 1. The summed E-state index contributed by atoms with van der Waals surface area (Å²) in [6, 6.07) is 7.69. The third-order valence-electron chi connectivity index (χ3n) is 4.22. The molecule has 1 aromatic carbocycles. The molecule has 122 valence electrons. The van der Waals surface area contributed by atoms with E-state index in [1.165, 1.54) is 0 Å². The molecular formula is C16H22N6O. The summed E-state index contributed by atoms with van der Waals surface area (Å²) in [6.07, 6.45) is 1.08. The predicted octanol–water partition coefficient (Wildman–Crippen LogP) is 1.61. The van der Waals surface area contributed by atoms with Crippen LogP contribution in [0.1, 0.15) is 12.0 Å². The number of benzene rings is 1. The second kappa shape index (κ2) is 6.29. The SMILES string of the molecule is CN[C@@H]1CCN(c2cc(Nc3cccc(O)c3C)nc(N)n2)C1. The van der Waals surface area contributed by atoms with E-state index in [9.17, 15) is 5.11 Å². The number of nitrogens with zero attached hydrogens (tertiary/aromatic N) is 3. The largest absolute Gasteiger partial charge is 0.508 e. The number of phenols is 1. The Bertz CT molecular complexity index is 705. The van der Waals surface area contributed by atoms with E-state index >= 15 is 0 Å². The van der Waals surface area contributed by atoms with Gasteiger partial charge >= 0.3 is 0 Å². The number of nitrogens with one attached hydrogen (secondary N) is 2. The summed E-state index contributed by atoms with van der Waals surface area (Å²) in [4.78, 5) is 10.8. The second-order valence-electron chi connectivity index (χ2n) is 5.76. The maximum absolute atomic E-state index is 9.80. The first-order chi connectivity index (χ1) is 11.1. The molecule has 5 N–H and O–H groups in total. The molecule has 0 amide bonds. The van der Waals surface area contributed by atoms with Crippen LogP contribution in [0.5, 0.6) is 5.75 Å². The number of aromatic nitrogens is 2. The summed E-state index contributed by atoms with van der Waals surface area (Å²) in [7, 11) is 1.97.